The maximum Gasteiger partial charge on any atom is 0.394 e. The van der Waals surface area contributed by atoms with Crippen LogP contribution in [0.4, 0.5) is 13.2 Å². The third-order valence-electron chi connectivity index (χ3n) is 3.88. The Morgan fingerprint density at radius 2 is 1.89 bits per heavy atom. The highest BCUT2D eigenvalue weighted by molar-refractivity contribution is 4.81. The molecule has 1 fully saturated rings. The van der Waals surface area contributed by atoms with E-state index in [9.17, 15) is 13.2 Å². The summed E-state index contributed by atoms with van der Waals surface area (Å²) in [6.07, 6.45) is -2.30. The van der Waals surface area contributed by atoms with E-state index in [4.69, 9.17) is 5.73 Å². The molecule has 0 spiro atoms. The van der Waals surface area contributed by atoms with E-state index in [2.05, 4.69) is 11.8 Å². The van der Waals surface area contributed by atoms with Gasteiger partial charge in [0.2, 0.25) is 0 Å². The third kappa shape index (κ3) is 4.40. The predicted molar refractivity (Wildman–Crippen MR) is 66.4 cm³/mol. The number of nitrogens with zero attached hydrogens (tertiary/aromatic N) is 2. The van der Waals surface area contributed by atoms with Gasteiger partial charge in [-0.2, -0.15) is 13.2 Å². The molecule has 0 bridgehead atoms. The maximum absolute atomic E-state index is 12.6. The average Bonchev–Trinajstić information content (AvgIpc) is 2.34. The molecule has 1 aliphatic rings. The normalized spacial score (nSPS) is 21.5. The molecule has 1 atom stereocenters. The Hall–Kier alpha value is -0.330. The van der Waals surface area contributed by atoms with E-state index in [0.717, 1.165) is 32.5 Å². The number of nitrogens with two attached hydrogens (primary N) is 1. The van der Waals surface area contributed by atoms with Crippen LogP contribution < -0.4 is 5.73 Å². The molecule has 0 amide bonds. The summed E-state index contributed by atoms with van der Waals surface area (Å²) >= 11 is 0. The summed E-state index contributed by atoms with van der Waals surface area (Å²) in [4.78, 5) is 4.16. The summed E-state index contributed by atoms with van der Waals surface area (Å²) in [6, 6.07) is 0.254. The number of halogens is 3. The van der Waals surface area contributed by atoms with Crippen LogP contribution in [0.5, 0.6) is 0 Å². The summed E-state index contributed by atoms with van der Waals surface area (Å²) in [7, 11) is 1.78. The zero-order valence-corrected chi connectivity index (χ0v) is 11.2. The minimum Gasteiger partial charge on any atom is -0.330 e. The molecule has 1 aliphatic heterocycles. The maximum atomic E-state index is 12.6. The van der Waals surface area contributed by atoms with Gasteiger partial charge in [0.05, 0.1) is 5.92 Å². The van der Waals surface area contributed by atoms with Crippen molar-refractivity contribution >= 4 is 0 Å². The standard InChI is InChI=1S/C12H24F3N3/c1-3-18-6-4-11(5-7-18)17(2)9-10(8-16)12(13,14)15/h10-11H,3-9,16H2,1-2H3. The monoisotopic (exact) mass is 267 g/mol. The van der Waals surface area contributed by atoms with Gasteiger partial charge in [0.1, 0.15) is 0 Å². The summed E-state index contributed by atoms with van der Waals surface area (Å²) in [5.74, 6) is -1.41. The molecule has 0 radical (unpaired) electrons. The first-order valence-corrected chi connectivity index (χ1v) is 6.57. The zero-order valence-electron chi connectivity index (χ0n) is 11.2. The second-order valence-corrected chi connectivity index (χ2v) is 5.08. The van der Waals surface area contributed by atoms with Gasteiger partial charge >= 0.3 is 6.18 Å². The fraction of sp³-hybridized carbons (Fsp3) is 1.00. The summed E-state index contributed by atoms with van der Waals surface area (Å²) < 4.78 is 37.9. The van der Waals surface area contributed by atoms with Crippen LogP contribution in [0.1, 0.15) is 19.8 Å². The number of rotatable bonds is 5. The van der Waals surface area contributed by atoms with Gasteiger partial charge in [-0.05, 0) is 39.5 Å². The zero-order chi connectivity index (χ0) is 13.8. The lowest BCUT2D eigenvalue weighted by Gasteiger charge is -2.37. The van der Waals surface area contributed by atoms with E-state index in [1.807, 2.05) is 4.90 Å². The van der Waals surface area contributed by atoms with Crippen molar-refractivity contribution in [1.29, 1.82) is 0 Å². The summed E-state index contributed by atoms with van der Waals surface area (Å²) in [5.41, 5.74) is 5.23. The fourth-order valence-electron chi connectivity index (χ4n) is 2.48. The van der Waals surface area contributed by atoms with Gasteiger partial charge in [-0.1, -0.05) is 6.92 Å². The van der Waals surface area contributed by atoms with Gasteiger partial charge in [-0.3, -0.25) is 0 Å². The van der Waals surface area contributed by atoms with Crippen LogP contribution in [0.3, 0.4) is 0 Å². The molecule has 1 rings (SSSR count). The summed E-state index contributed by atoms with van der Waals surface area (Å²) in [6.45, 7) is 4.76. The van der Waals surface area contributed by atoms with Crippen LogP contribution in [0, 0.1) is 5.92 Å². The van der Waals surface area contributed by atoms with Crippen LogP contribution in [-0.2, 0) is 0 Å². The number of hydrogen-bond donors (Lipinski definition) is 1. The molecule has 0 aromatic carbocycles. The minimum atomic E-state index is -4.19. The molecule has 18 heavy (non-hydrogen) atoms. The van der Waals surface area contributed by atoms with Crippen molar-refractivity contribution in [2.75, 3.05) is 39.8 Å². The molecule has 0 aromatic rings. The predicted octanol–water partition coefficient (Wildman–Crippen LogP) is 1.54. The Balaban J connectivity index is 2.43. The van der Waals surface area contributed by atoms with E-state index in [0.29, 0.717) is 0 Å². The van der Waals surface area contributed by atoms with Gasteiger partial charge < -0.3 is 15.5 Å². The van der Waals surface area contributed by atoms with E-state index in [1.165, 1.54) is 0 Å². The SMILES string of the molecule is CCN1CCC(N(C)CC(CN)C(F)(F)F)CC1. The second-order valence-electron chi connectivity index (χ2n) is 5.08. The van der Waals surface area contributed by atoms with Gasteiger partial charge in [-0.15, -0.1) is 0 Å². The Bertz CT molecular complexity index is 237. The number of likely N-dealkylation sites (tertiary alicyclic amines) is 1. The van der Waals surface area contributed by atoms with Crippen LogP contribution >= 0.6 is 0 Å². The molecule has 0 aliphatic carbocycles. The van der Waals surface area contributed by atoms with Crippen LogP contribution in [0.15, 0.2) is 0 Å². The third-order valence-corrected chi connectivity index (χ3v) is 3.88. The van der Waals surface area contributed by atoms with Crippen LogP contribution in [0.25, 0.3) is 0 Å². The largest absolute Gasteiger partial charge is 0.394 e. The van der Waals surface area contributed by atoms with Crippen molar-refractivity contribution < 1.29 is 13.2 Å². The number of hydrogen-bond acceptors (Lipinski definition) is 3. The quantitative estimate of drug-likeness (QED) is 0.820. The lowest BCUT2D eigenvalue weighted by molar-refractivity contribution is -0.177. The van der Waals surface area contributed by atoms with E-state index in [-0.39, 0.29) is 19.1 Å². The van der Waals surface area contributed by atoms with Crippen LogP contribution in [-0.4, -0.2) is 61.8 Å². The van der Waals surface area contributed by atoms with E-state index in [1.54, 1.807) is 7.05 Å². The Labute approximate surface area is 107 Å². The first-order chi connectivity index (χ1) is 8.38. The van der Waals surface area contributed by atoms with Crippen molar-refractivity contribution in [3.05, 3.63) is 0 Å². The highest BCUT2D eigenvalue weighted by Gasteiger charge is 2.39. The molecule has 0 saturated carbocycles. The van der Waals surface area contributed by atoms with Crippen molar-refractivity contribution in [2.24, 2.45) is 11.7 Å². The van der Waals surface area contributed by atoms with Gasteiger partial charge in [0.15, 0.2) is 0 Å². The molecule has 2 N–H and O–H groups in total. The van der Waals surface area contributed by atoms with Crippen molar-refractivity contribution in [1.82, 2.24) is 9.80 Å². The first kappa shape index (κ1) is 15.7. The molecular formula is C12H24F3N3. The number of alkyl halides is 3. The molecule has 3 nitrogen and oxygen atoms in total. The van der Waals surface area contributed by atoms with E-state index >= 15 is 0 Å². The highest BCUT2D eigenvalue weighted by atomic mass is 19.4. The molecule has 0 aromatic heterocycles. The summed E-state index contributed by atoms with van der Waals surface area (Å²) in [5, 5.41) is 0. The lowest BCUT2D eigenvalue weighted by atomic mass is 10.0. The van der Waals surface area contributed by atoms with Crippen molar-refractivity contribution in [2.45, 2.75) is 32.0 Å². The highest BCUT2D eigenvalue weighted by Crippen LogP contribution is 2.27. The molecule has 1 heterocycles. The Kier molecular flexibility index (Phi) is 5.88. The van der Waals surface area contributed by atoms with Gasteiger partial charge in [-0.25, -0.2) is 0 Å². The molecule has 1 unspecified atom stereocenters. The van der Waals surface area contributed by atoms with Crippen LogP contribution in [0.2, 0.25) is 0 Å². The van der Waals surface area contributed by atoms with Crippen molar-refractivity contribution in [3.63, 3.8) is 0 Å². The lowest BCUT2D eigenvalue weighted by Crippen LogP contribution is -2.47. The average molecular weight is 267 g/mol. The second kappa shape index (κ2) is 6.73. The Morgan fingerprint density at radius 1 is 1.33 bits per heavy atom. The molecule has 6 heteroatoms. The molecular weight excluding hydrogens is 243 g/mol. The van der Waals surface area contributed by atoms with Gasteiger partial charge in [0.25, 0.3) is 0 Å². The van der Waals surface area contributed by atoms with E-state index < -0.39 is 12.1 Å². The topological polar surface area (TPSA) is 32.5 Å². The fourth-order valence-corrected chi connectivity index (χ4v) is 2.48. The molecule has 1 saturated heterocycles. The minimum absolute atomic E-state index is 0.0107. The first-order valence-electron chi connectivity index (χ1n) is 6.57. The number of piperidine rings is 1. The van der Waals surface area contributed by atoms with Crippen molar-refractivity contribution in [3.8, 4) is 0 Å². The van der Waals surface area contributed by atoms with Gasteiger partial charge in [0, 0.05) is 19.1 Å². The Morgan fingerprint density at radius 3 is 2.28 bits per heavy atom. The smallest absolute Gasteiger partial charge is 0.330 e. The molecule has 108 valence electrons.